The molecule has 4 nitrogen and oxygen atoms in total. The molecule has 0 fully saturated rings. The van der Waals surface area contributed by atoms with E-state index in [0.29, 0.717) is 6.54 Å². The molecule has 0 bridgehead atoms. The zero-order chi connectivity index (χ0) is 15.1. The van der Waals surface area contributed by atoms with E-state index in [0.717, 1.165) is 46.9 Å². The third-order valence-corrected chi connectivity index (χ3v) is 5.09. The largest absolute Gasteiger partial charge is 0.454 e. The molecule has 0 unspecified atom stereocenters. The first-order chi connectivity index (χ1) is 10.8. The summed E-state index contributed by atoms with van der Waals surface area (Å²) in [6, 6.07) is 5.88. The van der Waals surface area contributed by atoms with Crippen LogP contribution in [0.25, 0.3) is 0 Å². The monoisotopic (exact) mass is 315 g/mol. The molecule has 4 rings (SSSR count). The van der Waals surface area contributed by atoms with Gasteiger partial charge in [0.15, 0.2) is 11.5 Å². The number of benzene rings is 1. The molecule has 1 aromatic rings. The van der Waals surface area contributed by atoms with Crippen LogP contribution in [0.15, 0.2) is 40.5 Å². The summed E-state index contributed by atoms with van der Waals surface area (Å²) in [5.41, 5.74) is 3.40. The maximum atomic E-state index is 12.7. The smallest absolute Gasteiger partial charge is 0.265 e. The number of hydrogen-bond acceptors (Lipinski definition) is 4. The number of rotatable bonds is 3. The first-order valence-corrected chi connectivity index (χ1v) is 8.68. The lowest BCUT2D eigenvalue weighted by Gasteiger charge is -2.22. The van der Waals surface area contributed by atoms with Crippen LogP contribution in [0.1, 0.15) is 24.8 Å². The van der Waals surface area contributed by atoms with Crippen molar-refractivity contribution in [3.63, 3.8) is 0 Å². The number of carbonyl (C=O) groups excluding carboxylic acids is 1. The summed E-state index contributed by atoms with van der Waals surface area (Å²) in [4.78, 5) is 15.5. The van der Waals surface area contributed by atoms with Gasteiger partial charge in [-0.3, -0.25) is 4.79 Å². The second kappa shape index (κ2) is 5.39. The fraction of sp³-hybridized carbons (Fsp3) is 0.353. The van der Waals surface area contributed by atoms with E-state index >= 15 is 0 Å². The van der Waals surface area contributed by atoms with Crippen molar-refractivity contribution in [3.05, 3.63) is 46.0 Å². The second-order valence-electron chi connectivity index (χ2n) is 5.57. The van der Waals surface area contributed by atoms with Gasteiger partial charge in [0.2, 0.25) is 6.79 Å². The molecule has 1 aliphatic carbocycles. The summed E-state index contributed by atoms with van der Waals surface area (Å²) in [6.45, 7) is 0.851. The lowest BCUT2D eigenvalue weighted by molar-refractivity contribution is -0.124. The quantitative estimate of drug-likeness (QED) is 0.856. The Balaban J connectivity index is 1.63. The van der Waals surface area contributed by atoms with E-state index < -0.39 is 0 Å². The molecule has 0 N–H and O–H groups in total. The van der Waals surface area contributed by atoms with Gasteiger partial charge in [-0.15, -0.1) is 11.8 Å². The molecule has 0 aromatic heterocycles. The van der Waals surface area contributed by atoms with Crippen LogP contribution in [0.5, 0.6) is 11.5 Å². The van der Waals surface area contributed by atoms with Crippen LogP contribution < -0.4 is 9.47 Å². The third-order valence-electron chi connectivity index (χ3n) is 4.26. The fourth-order valence-electron chi connectivity index (χ4n) is 3.22. The van der Waals surface area contributed by atoms with Gasteiger partial charge in [-0.25, -0.2) is 0 Å². The number of ether oxygens (including phenoxy) is 2. The normalized spacial score (nSPS) is 19.6. The molecular weight excluding hydrogens is 298 g/mol. The van der Waals surface area contributed by atoms with Crippen LogP contribution in [-0.4, -0.2) is 23.9 Å². The van der Waals surface area contributed by atoms with Gasteiger partial charge in [0.05, 0.1) is 11.4 Å². The topological polar surface area (TPSA) is 38.8 Å². The lowest BCUT2D eigenvalue weighted by Crippen LogP contribution is -2.25. The van der Waals surface area contributed by atoms with Gasteiger partial charge in [0.1, 0.15) is 0 Å². The van der Waals surface area contributed by atoms with Crippen LogP contribution in [0.3, 0.4) is 0 Å². The van der Waals surface area contributed by atoms with Crippen molar-refractivity contribution < 1.29 is 14.3 Å². The SMILES string of the molecule is CSC1=C2CCCC=C2N(Cc2ccc3c(c2)OCO3)C1=O. The summed E-state index contributed by atoms with van der Waals surface area (Å²) < 4.78 is 10.8. The van der Waals surface area contributed by atoms with Gasteiger partial charge in [-0.1, -0.05) is 12.1 Å². The van der Waals surface area contributed by atoms with Crippen molar-refractivity contribution in [3.8, 4) is 11.5 Å². The number of fused-ring (bicyclic) bond motifs is 2. The Labute approximate surface area is 133 Å². The standard InChI is InChI=1S/C17H17NO3S/c1-22-16-12-4-2-3-5-13(12)18(17(16)19)9-11-6-7-14-15(8-11)21-10-20-14/h5-8H,2-4,9-10H2,1H3. The molecule has 114 valence electrons. The minimum absolute atomic E-state index is 0.133. The fourth-order valence-corrected chi connectivity index (χ4v) is 3.96. The molecule has 3 aliphatic rings. The summed E-state index contributed by atoms with van der Waals surface area (Å²) in [7, 11) is 0. The zero-order valence-electron chi connectivity index (χ0n) is 12.4. The molecule has 0 spiro atoms. The number of nitrogens with zero attached hydrogens (tertiary/aromatic N) is 1. The lowest BCUT2D eigenvalue weighted by atomic mass is 9.99. The van der Waals surface area contributed by atoms with Crippen molar-refractivity contribution >= 4 is 17.7 Å². The van der Waals surface area contributed by atoms with E-state index in [1.807, 2.05) is 29.4 Å². The Morgan fingerprint density at radius 1 is 1.27 bits per heavy atom. The number of allylic oxidation sites excluding steroid dienone is 2. The molecule has 0 atom stereocenters. The third kappa shape index (κ3) is 2.11. The maximum Gasteiger partial charge on any atom is 0.265 e. The first-order valence-electron chi connectivity index (χ1n) is 7.46. The minimum Gasteiger partial charge on any atom is -0.454 e. The van der Waals surface area contributed by atoms with E-state index in [1.165, 1.54) is 5.57 Å². The first kappa shape index (κ1) is 13.8. The summed E-state index contributed by atoms with van der Waals surface area (Å²) in [5, 5.41) is 0. The van der Waals surface area contributed by atoms with Crippen molar-refractivity contribution in [2.24, 2.45) is 0 Å². The van der Waals surface area contributed by atoms with E-state index in [1.54, 1.807) is 11.8 Å². The highest BCUT2D eigenvalue weighted by atomic mass is 32.2. The highest BCUT2D eigenvalue weighted by molar-refractivity contribution is 8.03. The molecular formula is C17H17NO3S. The highest BCUT2D eigenvalue weighted by Crippen LogP contribution is 2.41. The highest BCUT2D eigenvalue weighted by Gasteiger charge is 2.35. The molecule has 1 aromatic carbocycles. The average molecular weight is 315 g/mol. The van der Waals surface area contributed by atoms with Gasteiger partial charge < -0.3 is 14.4 Å². The van der Waals surface area contributed by atoms with Gasteiger partial charge in [0.25, 0.3) is 5.91 Å². The molecule has 5 heteroatoms. The predicted octanol–water partition coefficient (Wildman–Crippen LogP) is 3.44. The Bertz CT molecular complexity index is 708. The molecule has 0 radical (unpaired) electrons. The number of thioether (sulfide) groups is 1. The molecule has 2 heterocycles. The maximum absolute atomic E-state index is 12.7. The summed E-state index contributed by atoms with van der Waals surface area (Å²) in [5.74, 6) is 1.67. The van der Waals surface area contributed by atoms with Gasteiger partial charge in [-0.2, -0.15) is 0 Å². The molecule has 0 saturated heterocycles. The number of hydrogen-bond donors (Lipinski definition) is 0. The molecule has 1 amide bonds. The molecule has 0 saturated carbocycles. The van der Waals surface area contributed by atoms with E-state index in [2.05, 4.69) is 6.08 Å². The average Bonchev–Trinajstić information content (AvgIpc) is 3.10. The number of amides is 1. The second-order valence-corrected chi connectivity index (χ2v) is 6.39. The Morgan fingerprint density at radius 3 is 3.00 bits per heavy atom. The van der Waals surface area contributed by atoms with Gasteiger partial charge >= 0.3 is 0 Å². The van der Waals surface area contributed by atoms with Crippen molar-refractivity contribution in [2.45, 2.75) is 25.8 Å². The van der Waals surface area contributed by atoms with Crippen LogP contribution in [0, 0.1) is 0 Å². The van der Waals surface area contributed by atoms with Crippen molar-refractivity contribution in [2.75, 3.05) is 13.0 Å². The van der Waals surface area contributed by atoms with Crippen LogP contribution >= 0.6 is 11.8 Å². The molecule has 2 aliphatic heterocycles. The van der Waals surface area contributed by atoms with Crippen LogP contribution in [-0.2, 0) is 11.3 Å². The Kier molecular flexibility index (Phi) is 3.37. The Hall–Kier alpha value is -1.88. The number of carbonyl (C=O) groups is 1. The van der Waals surface area contributed by atoms with Crippen molar-refractivity contribution in [1.82, 2.24) is 4.90 Å². The Morgan fingerprint density at radius 2 is 2.14 bits per heavy atom. The van der Waals surface area contributed by atoms with E-state index in [-0.39, 0.29) is 12.7 Å². The summed E-state index contributed by atoms with van der Waals surface area (Å²) >= 11 is 1.56. The van der Waals surface area contributed by atoms with E-state index in [4.69, 9.17) is 9.47 Å². The van der Waals surface area contributed by atoms with Crippen LogP contribution in [0.4, 0.5) is 0 Å². The van der Waals surface area contributed by atoms with Crippen LogP contribution in [0.2, 0.25) is 0 Å². The van der Waals surface area contributed by atoms with Crippen molar-refractivity contribution in [1.29, 1.82) is 0 Å². The minimum atomic E-state index is 0.133. The zero-order valence-corrected chi connectivity index (χ0v) is 13.2. The predicted molar refractivity (Wildman–Crippen MR) is 85.6 cm³/mol. The van der Waals surface area contributed by atoms with E-state index in [9.17, 15) is 4.79 Å². The van der Waals surface area contributed by atoms with Gasteiger partial charge in [0, 0.05) is 5.70 Å². The molecule has 22 heavy (non-hydrogen) atoms. The summed E-state index contributed by atoms with van der Waals surface area (Å²) in [6.07, 6.45) is 7.37. The van der Waals surface area contributed by atoms with Gasteiger partial charge in [-0.05, 0) is 48.8 Å².